The van der Waals surface area contributed by atoms with Crippen LogP contribution in [0.15, 0.2) is 61.1 Å². The number of halogens is 1. The third kappa shape index (κ3) is 4.39. The number of hydrogen-bond acceptors (Lipinski definition) is 4. The maximum absolute atomic E-state index is 13.8. The van der Waals surface area contributed by atoms with Gasteiger partial charge in [-0.05, 0) is 70.1 Å². The normalized spacial score (nSPS) is 21.7. The number of nitrogens with zero attached hydrogens (tertiary/aromatic N) is 4. The first kappa shape index (κ1) is 25.6. The Labute approximate surface area is 233 Å². The van der Waals surface area contributed by atoms with Gasteiger partial charge < -0.3 is 5.32 Å². The minimum Gasteiger partial charge on any atom is -0.334 e. The average molecular weight is 542 g/mol. The number of aryl methyl sites for hydroxylation is 1. The van der Waals surface area contributed by atoms with E-state index in [-0.39, 0.29) is 29.3 Å². The van der Waals surface area contributed by atoms with Crippen LogP contribution in [-0.4, -0.2) is 32.7 Å². The number of anilines is 1. The molecule has 2 aromatic carbocycles. The molecular weight excluding hydrogens is 510 g/mol. The van der Waals surface area contributed by atoms with E-state index in [1.54, 1.807) is 12.4 Å². The van der Waals surface area contributed by atoms with Crippen LogP contribution in [0.25, 0.3) is 21.9 Å². The molecule has 0 spiro atoms. The summed E-state index contributed by atoms with van der Waals surface area (Å²) in [7, 11) is 0. The van der Waals surface area contributed by atoms with E-state index in [9.17, 15) is 9.59 Å². The number of carbonyl (C=O) groups is 2. The van der Waals surface area contributed by atoms with E-state index < -0.39 is 6.03 Å². The Kier molecular flexibility index (Phi) is 6.22. The first-order chi connectivity index (χ1) is 18.6. The number of amides is 3. The Balaban J connectivity index is 1.31. The summed E-state index contributed by atoms with van der Waals surface area (Å²) in [5.74, 6) is -0.359. The van der Waals surface area contributed by atoms with E-state index >= 15 is 0 Å². The summed E-state index contributed by atoms with van der Waals surface area (Å²) < 4.78 is 2.00. The van der Waals surface area contributed by atoms with Crippen LogP contribution in [0.3, 0.4) is 0 Å². The quantitative estimate of drug-likeness (QED) is 0.308. The van der Waals surface area contributed by atoms with Gasteiger partial charge in [-0.3, -0.25) is 14.5 Å². The second-order valence-corrected chi connectivity index (χ2v) is 12.1. The van der Waals surface area contributed by atoms with Crippen molar-refractivity contribution in [1.29, 1.82) is 0 Å². The summed E-state index contributed by atoms with van der Waals surface area (Å²) in [5, 5.41) is 10.4. The second-order valence-electron chi connectivity index (χ2n) is 11.7. The van der Waals surface area contributed by atoms with E-state index in [4.69, 9.17) is 16.7 Å². The van der Waals surface area contributed by atoms with Crippen LogP contribution < -0.4 is 10.2 Å². The number of nitrogens with one attached hydrogen (secondary N) is 1. The largest absolute Gasteiger partial charge is 0.334 e. The van der Waals surface area contributed by atoms with Gasteiger partial charge in [-0.2, -0.15) is 5.10 Å². The standard InChI is InChI=1S/C31H32ClN5O2/c1-18-24(17-36(35-18)31(2,3)4)22-10-7-11-25(32)28(22)19-12-13-23-26(14-19)34-30(39)37(29(23)38)27-16-33-15-20-8-5-6-9-21(20)27/h5-11,15-17,19,23,26H,12-14H2,1-4H3,(H,34,39). The molecule has 3 amide bonds. The van der Waals surface area contributed by atoms with E-state index in [0.717, 1.165) is 39.6 Å². The van der Waals surface area contributed by atoms with Crippen molar-refractivity contribution in [2.75, 3.05) is 4.90 Å². The van der Waals surface area contributed by atoms with Crippen LogP contribution in [0.5, 0.6) is 0 Å². The van der Waals surface area contributed by atoms with Crippen molar-refractivity contribution in [3.05, 3.63) is 77.3 Å². The Morgan fingerprint density at radius 2 is 1.79 bits per heavy atom. The molecule has 0 bridgehead atoms. The zero-order valence-corrected chi connectivity index (χ0v) is 23.4. The van der Waals surface area contributed by atoms with Gasteiger partial charge in [0.15, 0.2) is 0 Å². The van der Waals surface area contributed by atoms with Crippen LogP contribution in [0.1, 0.15) is 57.2 Å². The molecule has 3 heterocycles. The van der Waals surface area contributed by atoms with Crippen LogP contribution in [0, 0.1) is 12.8 Å². The highest BCUT2D eigenvalue weighted by molar-refractivity contribution is 6.32. The lowest BCUT2D eigenvalue weighted by molar-refractivity contribution is -0.124. The molecule has 6 rings (SSSR count). The number of urea groups is 1. The zero-order chi connectivity index (χ0) is 27.5. The van der Waals surface area contributed by atoms with Gasteiger partial charge in [-0.15, -0.1) is 0 Å². The molecule has 1 saturated heterocycles. The summed E-state index contributed by atoms with van der Waals surface area (Å²) in [5.41, 5.74) is 4.52. The fraction of sp³-hybridized carbons (Fsp3) is 0.355. The minimum atomic E-state index is -0.401. The van der Waals surface area contributed by atoms with E-state index in [0.29, 0.717) is 23.6 Å². The third-order valence-electron chi connectivity index (χ3n) is 8.13. The highest BCUT2D eigenvalue weighted by atomic mass is 35.5. The molecule has 3 unspecified atom stereocenters. The van der Waals surface area contributed by atoms with Crippen LogP contribution in [-0.2, 0) is 10.3 Å². The highest BCUT2D eigenvalue weighted by Crippen LogP contribution is 2.45. The molecule has 8 heteroatoms. The van der Waals surface area contributed by atoms with Crippen LogP contribution >= 0.6 is 11.6 Å². The van der Waals surface area contributed by atoms with Crippen LogP contribution in [0.2, 0.25) is 5.02 Å². The maximum atomic E-state index is 13.8. The summed E-state index contributed by atoms with van der Waals surface area (Å²) in [6, 6.07) is 13.0. The number of pyridine rings is 1. The minimum absolute atomic E-state index is 0.103. The lowest BCUT2D eigenvalue weighted by Gasteiger charge is -2.43. The summed E-state index contributed by atoms with van der Waals surface area (Å²) in [6.45, 7) is 8.41. The Morgan fingerprint density at radius 1 is 1.00 bits per heavy atom. The molecule has 1 aliphatic carbocycles. The summed E-state index contributed by atoms with van der Waals surface area (Å²) >= 11 is 6.86. The van der Waals surface area contributed by atoms with E-state index in [1.165, 1.54) is 4.90 Å². The fourth-order valence-corrected chi connectivity index (χ4v) is 6.47. The molecule has 1 saturated carbocycles. The van der Waals surface area contributed by atoms with E-state index in [2.05, 4.69) is 43.3 Å². The van der Waals surface area contributed by atoms with E-state index in [1.807, 2.05) is 48.0 Å². The van der Waals surface area contributed by atoms with Crippen molar-refractivity contribution >= 4 is 40.0 Å². The van der Waals surface area contributed by atoms with Gasteiger partial charge >= 0.3 is 6.03 Å². The first-order valence-corrected chi connectivity index (χ1v) is 13.8. The van der Waals surface area contributed by atoms with Crippen molar-refractivity contribution in [3.63, 3.8) is 0 Å². The molecule has 2 aliphatic rings. The Morgan fingerprint density at radius 3 is 2.56 bits per heavy atom. The molecule has 4 aromatic rings. The number of aromatic nitrogens is 3. The number of imide groups is 1. The number of benzene rings is 2. The molecule has 1 aliphatic heterocycles. The predicted octanol–water partition coefficient (Wildman–Crippen LogP) is 6.82. The SMILES string of the molecule is Cc1nn(C(C)(C)C)cc1-c1cccc(Cl)c1C1CCC2C(=O)N(c3cncc4ccccc34)C(=O)NC2C1. The molecule has 7 nitrogen and oxygen atoms in total. The zero-order valence-electron chi connectivity index (χ0n) is 22.6. The lowest BCUT2D eigenvalue weighted by Crippen LogP contribution is -2.61. The topological polar surface area (TPSA) is 80.1 Å². The molecule has 3 atom stereocenters. The van der Waals surface area contributed by atoms with Crippen molar-refractivity contribution in [2.45, 2.75) is 64.5 Å². The van der Waals surface area contributed by atoms with Crippen molar-refractivity contribution in [3.8, 4) is 11.1 Å². The molecule has 2 fully saturated rings. The predicted molar refractivity (Wildman–Crippen MR) is 154 cm³/mol. The van der Waals surface area contributed by atoms with Gasteiger partial charge in [-0.1, -0.05) is 48.0 Å². The second kappa shape index (κ2) is 9.49. The molecule has 39 heavy (non-hydrogen) atoms. The number of hydrogen-bond donors (Lipinski definition) is 1. The number of rotatable bonds is 3. The summed E-state index contributed by atoms with van der Waals surface area (Å²) in [4.78, 5) is 32.7. The smallest absolute Gasteiger partial charge is 0.329 e. The Bertz CT molecular complexity index is 1600. The first-order valence-electron chi connectivity index (χ1n) is 13.5. The van der Waals surface area contributed by atoms with Gasteiger partial charge in [0.2, 0.25) is 5.91 Å². The Hall–Kier alpha value is -3.71. The highest BCUT2D eigenvalue weighted by Gasteiger charge is 2.46. The van der Waals surface area contributed by atoms with Crippen molar-refractivity contribution < 1.29 is 9.59 Å². The number of fused-ring (bicyclic) bond motifs is 2. The van der Waals surface area contributed by atoms with Gasteiger partial charge in [0.25, 0.3) is 0 Å². The van der Waals surface area contributed by atoms with Crippen LogP contribution in [0.4, 0.5) is 10.5 Å². The average Bonchev–Trinajstić information content (AvgIpc) is 3.30. The van der Waals surface area contributed by atoms with Crippen molar-refractivity contribution in [2.24, 2.45) is 5.92 Å². The number of carbonyl (C=O) groups excluding carboxylic acids is 2. The van der Waals surface area contributed by atoms with Gasteiger partial charge in [-0.25, -0.2) is 9.69 Å². The van der Waals surface area contributed by atoms with Gasteiger partial charge in [0, 0.05) is 39.8 Å². The molecule has 200 valence electrons. The fourth-order valence-electron chi connectivity index (χ4n) is 6.14. The molecule has 1 N–H and O–H groups in total. The summed E-state index contributed by atoms with van der Waals surface area (Å²) in [6.07, 6.45) is 7.54. The molecule has 0 radical (unpaired) electrons. The van der Waals surface area contributed by atoms with Gasteiger partial charge in [0.1, 0.15) is 0 Å². The third-order valence-corrected chi connectivity index (χ3v) is 8.46. The van der Waals surface area contributed by atoms with Gasteiger partial charge in [0.05, 0.1) is 29.0 Å². The molecular formula is C31H32ClN5O2. The monoisotopic (exact) mass is 541 g/mol. The van der Waals surface area contributed by atoms with Crippen molar-refractivity contribution in [1.82, 2.24) is 20.1 Å². The maximum Gasteiger partial charge on any atom is 0.329 e. The lowest BCUT2D eigenvalue weighted by atomic mass is 9.72. The molecule has 2 aromatic heterocycles.